The van der Waals surface area contributed by atoms with E-state index in [1.807, 2.05) is 26.0 Å². The predicted octanol–water partition coefficient (Wildman–Crippen LogP) is 5.21. The van der Waals surface area contributed by atoms with Crippen molar-refractivity contribution in [3.63, 3.8) is 0 Å². The molecule has 3 heterocycles. The van der Waals surface area contributed by atoms with E-state index >= 15 is 0 Å². The number of aryl methyl sites for hydroxylation is 1. The zero-order chi connectivity index (χ0) is 28.7. The quantitative estimate of drug-likeness (QED) is 0.331. The van der Waals surface area contributed by atoms with E-state index in [2.05, 4.69) is 9.88 Å². The summed E-state index contributed by atoms with van der Waals surface area (Å²) in [7, 11) is -4.02. The van der Waals surface area contributed by atoms with E-state index in [1.165, 1.54) is 29.8 Å². The Kier molecular flexibility index (Phi) is 9.67. The number of aromatic nitrogens is 1. The van der Waals surface area contributed by atoms with Crippen LogP contribution in [-0.2, 0) is 26.3 Å². The zero-order valence-corrected chi connectivity index (χ0v) is 23.4. The first-order valence-electron chi connectivity index (χ1n) is 13.2. The molecule has 0 aliphatic carbocycles. The van der Waals surface area contributed by atoms with Crippen LogP contribution in [0, 0.1) is 12.7 Å². The van der Waals surface area contributed by atoms with E-state index in [1.54, 1.807) is 24.4 Å². The van der Waals surface area contributed by atoms with Gasteiger partial charge in [-0.05, 0) is 57.0 Å². The van der Waals surface area contributed by atoms with Gasteiger partial charge in [0.15, 0.2) is 0 Å². The van der Waals surface area contributed by atoms with Gasteiger partial charge in [0.2, 0.25) is 0 Å². The van der Waals surface area contributed by atoms with Crippen molar-refractivity contribution in [2.24, 2.45) is 0 Å². The van der Waals surface area contributed by atoms with Crippen LogP contribution in [0.4, 0.5) is 4.39 Å². The van der Waals surface area contributed by atoms with Gasteiger partial charge in [0, 0.05) is 48.6 Å². The van der Waals surface area contributed by atoms with E-state index < -0.39 is 10.1 Å². The fourth-order valence-electron chi connectivity index (χ4n) is 4.73. The number of nitrogens with zero attached hydrogens (tertiary/aromatic N) is 2. The maximum absolute atomic E-state index is 13.8. The molecule has 1 saturated heterocycles. The monoisotopic (exact) mass is 568 g/mol. The molecule has 0 radical (unpaired) electrons. The summed E-state index contributed by atoms with van der Waals surface area (Å²) in [6, 6.07) is 14.6. The summed E-state index contributed by atoms with van der Waals surface area (Å²) in [6.07, 6.45) is 3.97. The van der Waals surface area contributed by atoms with E-state index in [-0.39, 0.29) is 16.7 Å². The standard InChI is InChI=1S/C23H25FN2O3.C7H8O3S/c1-2-28-21(27)9-13-26-11-7-16(8-12-26)22-19-6-5-18(24)14-20(19)29-15-17-4-3-10-25-23(17)22;1-6-2-4-7(5-3-6)11(8,9)10/h3-6,10,14H,2,7-9,11-13,15H2,1H3;2-5H,1H3,(H,8,9,10). The predicted molar refractivity (Wildman–Crippen MR) is 149 cm³/mol. The number of hydrogen-bond donors (Lipinski definition) is 1. The van der Waals surface area contributed by atoms with Gasteiger partial charge in [-0.25, -0.2) is 4.39 Å². The lowest BCUT2D eigenvalue weighted by atomic mass is 9.89. The van der Waals surface area contributed by atoms with Crippen LogP contribution in [0.1, 0.15) is 48.6 Å². The lowest BCUT2D eigenvalue weighted by Gasteiger charge is -2.29. The number of esters is 1. The molecule has 212 valence electrons. The number of likely N-dealkylation sites (tertiary alicyclic amines) is 1. The first-order valence-corrected chi connectivity index (χ1v) is 14.6. The highest BCUT2D eigenvalue weighted by molar-refractivity contribution is 7.85. The lowest BCUT2D eigenvalue weighted by molar-refractivity contribution is -0.143. The van der Waals surface area contributed by atoms with Gasteiger partial charge >= 0.3 is 5.97 Å². The number of carbonyl (C=O) groups is 1. The molecule has 2 aromatic carbocycles. The number of carbonyl (C=O) groups excluding carboxylic acids is 1. The molecule has 40 heavy (non-hydrogen) atoms. The molecule has 8 nitrogen and oxygen atoms in total. The number of pyridine rings is 1. The number of halogens is 1. The maximum atomic E-state index is 13.8. The van der Waals surface area contributed by atoms with Crippen molar-refractivity contribution in [3.8, 4) is 5.75 Å². The molecule has 1 N–H and O–H groups in total. The van der Waals surface area contributed by atoms with E-state index in [0.717, 1.165) is 53.9 Å². The molecule has 10 heteroatoms. The second-order valence-corrected chi connectivity index (χ2v) is 11.0. The molecule has 2 aliphatic heterocycles. The molecular weight excluding hydrogens is 535 g/mol. The van der Waals surface area contributed by atoms with Gasteiger partial charge in [0.05, 0.1) is 23.6 Å². The molecule has 2 aliphatic rings. The van der Waals surface area contributed by atoms with Crippen LogP contribution >= 0.6 is 0 Å². The van der Waals surface area contributed by atoms with Crippen LogP contribution in [0.5, 0.6) is 5.75 Å². The summed E-state index contributed by atoms with van der Waals surface area (Å²) >= 11 is 0. The van der Waals surface area contributed by atoms with Crippen LogP contribution in [0.25, 0.3) is 5.57 Å². The molecule has 1 aromatic heterocycles. The van der Waals surface area contributed by atoms with Crippen LogP contribution in [-0.4, -0.2) is 55.1 Å². The highest BCUT2D eigenvalue weighted by atomic mass is 32.2. The van der Waals surface area contributed by atoms with Crippen molar-refractivity contribution >= 4 is 21.7 Å². The lowest BCUT2D eigenvalue weighted by Crippen LogP contribution is -2.33. The van der Waals surface area contributed by atoms with Crippen molar-refractivity contribution in [1.29, 1.82) is 0 Å². The van der Waals surface area contributed by atoms with Gasteiger partial charge < -0.3 is 14.4 Å². The Balaban J connectivity index is 0.000000283. The Morgan fingerprint density at radius 2 is 1.85 bits per heavy atom. The molecule has 0 atom stereocenters. The van der Waals surface area contributed by atoms with Crippen LogP contribution in [0.3, 0.4) is 0 Å². The van der Waals surface area contributed by atoms with Crippen LogP contribution in [0.2, 0.25) is 0 Å². The average Bonchev–Trinajstić information content (AvgIpc) is 3.09. The minimum absolute atomic E-state index is 0.0666. The number of piperidine rings is 1. The summed E-state index contributed by atoms with van der Waals surface area (Å²) in [5, 5.41) is 0. The van der Waals surface area contributed by atoms with Gasteiger partial charge in [0.1, 0.15) is 18.2 Å². The van der Waals surface area contributed by atoms with E-state index in [9.17, 15) is 17.6 Å². The zero-order valence-electron chi connectivity index (χ0n) is 22.6. The summed E-state index contributed by atoms with van der Waals surface area (Å²) in [4.78, 5) is 18.5. The Morgan fingerprint density at radius 1 is 1.12 bits per heavy atom. The van der Waals surface area contributed by atoms with Crippen molar-refractivity contribution < 1.29 is 31.6 Å². The maximum Gasteiger partial charge on any atom is 0.307 e. The summed E-state index contributed by atoms with van der Waals surface area (Å²) < 4.78 is 54.3. The Morgan fingerprint density at radius 3 is 2.52 bits per heavy atom. The smallest absolute Gasteiger partial charge is 0.307 e. The molecule has 0 bridgehead atoms. The molecule has 0 spiro atoms. The van der Waals surface area contributed by atoms with Gasteiger partial charge in [-0.15, -0.1) is 0 Å². The number of rotatable bonds is 5. The second-order valence-electron chi connectivity index (χ2n) is 9.60. The Hall–Kier alpha value is -3.60. The SMILES string of the molecule is CCOC(=O)CCN1CCC(=C2c3ccc(F)cc3OCc3cccnc32)CC1.Cc1ccc(S(=O)(=O)O)cc1. The Labute approximate surface area is 234 Å². The molecular formula is C30H33FN2O6S. The van der Waals surface area contributed by atoms with Gasteiger partial charge in [0.25, 0.3) is 10.1 Å². The van der Waals surface area contributed by atoms with E-state index in [4.69, 9.17) is 14.0 Å². The fourth-order valence-corrected chi connectivity index (χ4v) is 5.21. The highest BCUT2D eigenvalue weighted by Crippen LogP contribution is 2.40. The largest absolute Gasteiger partial charge is 0.488 e. The number of hydrogen-bond acceptors (Lipinski definition) is 7. The first-order chi connectivity index (χ1) is 19.2. The van der Waals surface area contributed by atoms with Crippen LogP contribution in [0.15, 0.2) is 71.3 Å². The van der Waals surface area contributed by atoms with Gasteiger partial charge in [-0.2, -0.15) is 8.42 Å². The molecule has 3 aromatic rings. The van der Waals surface area contributed by atoms with Crippen molar-refractivity contribution in [3.05, 3.63) is 94.6 Å². The molecule has 0 saturated carbocycles. The summed E-state index contributed by atoms with van der Waals surface area (Å²) in [6.45, 7) is 6.92. The molecule has 5 rings (SSSR count). The number of fused-ring (bicyclic) bond motifs is 2. The van der Waals surface area contributed by atoms with Gasteiger partial charge in [-0.3, -0.25) is 14.3 Å². The number of ether oxygens (including phenoxy) is 2. The third kappa shape index (κ3) is 7.53. The van der Waals surface area contributed by atoms with Crippen molar-refractivity contribution in [2.45, 2.75) is 44.6 Å². The molecule has 0 amide bonds. The Bertz CT molecular complexity index is 1480. The number of benzene rings is 2. The third-order valence-electron chi connectivity index (χ3n) is 6.79. The average molecular weight is 569 g/mol. The fraction of sp³-hybridized carbons (Fsp3) is 0.333. The van der Waals surface area contributed by atoms with Crippen LogP contribution < -0.4 is 4.74 Å². The molecule has 1 fully saturated rings. The molecule has 0 unspecified atom stereocenters. The first kappa shape index (κ1) is 29.4. The minimum Gasteiger partial charge on any atom is -0.488 e. The highest BCUT2D eigenvalue weighted by Gasteiger charge is 2.26. The normalized spacial score (nSPS) is 15.1. The topological polar surface area (TPSA) is 106 Å². The van der Waals surface area contributed by atoms with E-state index in [0.29, 0.717) is 31.9 Å². The van der Waals surface area contributed by atoms with Gasteiger partial charge in [-0.1, -0.05) is 29.3 Å². The van der Waals surface area contributed by atoms with Crippen molar-refractivity contribution in [2.75, 3.05) is 26.2 Å². The van der Waals surface area contributed by atoms with Crippen molar-refractivity contribution in [1.82, 2.24) is 9.88 Å². The third-order valence-corrected chi connectivity index (χ3v) is 7.66. The summed E-state index contributed by atoms with van der Waals surface area (Å²) in [5.74, 6) is 0.114. The summed E-state index contributed by atoms with van der Waals surface area (Å²) in [5.41, 5.74) is 6.16. The minimum atomic E-state index is -4.02. The second kappa shape index (κ2) is 13.2.